The van der Waals surface area contributed by atoms with Gasteiger partial charge in [-0.3, -0.25) is 4.79 Å². The van der Waals surface area contributed by atoms with Crippen molar-refractivity contribution in [3.63, 3.8) is 0 Å². The second-order valence-electron chi connectivity index (χ2n) is 8.99. The van der Waals surface area contributed by atoms with E-state index >= 15 is 0 Å². The molecule has 0 radical (unpaired) electrons. The van der Waals surface area contributed by atoms with Crippen molar-refractivity contribution in [3.8, 4) is 16.9 Å². The summed E-state index contributed by atoms with van der Waals surface area (Å²) in [6.45, 7) is 2.82. The zero-order valence-electron chi connectivity index (χ0n) is 21.4. The van der Waals surface area contributed by atoms with E-state index in [0.29, 0.717) is 30.3 Å². The summed E-state index contributed by atoms with van der Waals surface area (Å²) < 4.78 is 15.1. The van der Waals surface area contributed by atoms with Crippen molar-refractivity contribution >= 4 is 17.8 Å². The topological polar surface area (TPSA) is 79.3 Å². The first-order chi connectivity index (χ1) is 18.5. The molecule has 3 aromatic carbocycles. The van der Waals surface area contributed by atoms with Crippen LogP contribution in [0.3, 0.4) is 0 Å². The molecule has 8 heteroatoms. The van der Waals surface area contributed by atoms with Crippen LogP contribution in [0, 0.1) is 5.82 Å². The van der Waals surface area contributed by atoms with E-state index in [9.17, 15) is 14.0 Å². The third-order valence-corrected chi connectivity index (χ3v) is 6.06. The monoisotopic (exact) mass is 513 g/mol. The summed E-state index contributed by atoms with van der Waals surface area (Å²) >= 11 is 0. The van der Waals surface area contributed by atoms with Crippen molar-refractivity contribution in [1.29, 1.82) is 0 Å². The van der Waals surface area contributed by atoms with Gasteiger partial charge in [-0.05, 0) is 36.2 Å². The normalized spacial score (nSPS) is 10.7. The fraction of sp³-hybridized carbons (Fsp3) is 0.233. The molecular formula is C30H32FN5O2. The second kappa shape index (κ2) is 13.2. The Labute approximate surface area is 222 Å². The molecule has 2 N–H and O–H groups in total. The van der Waals surface area contributed by atoms with Gasteiger partial charge < -0.3 is 15.5 Å². The Morgan fingerprint density at radius 2 is 1.61 bits per heavy atom. The number of nitrogens with zero attached hydrogens (tertiary/aromatic N) is 3. The number of carbonyl (C=O) groups is 2. The van der Waals surface area contributed by atoms with Crippen LogP contribution in [0.1, 0.15) is 31.7 Å². The van der Waals surface area contributed by atoms with Gasteiger partial charge in [0.15, 0.2) is 0 Å². The zero-order valence-corrected chi connectivity index (χ0v) is 21.4. The number of nitrogens with one attached hydrogen (secondary N) is 2. The molecule has 0 unspecified atom stereocenters. The fourth-order valence-electron chi connectivity index (χ4n) is 4.05. The molecule has 0 aliphatic carbocycles. The highest BCUT2D eigenvalue weighted by atomic mass is 19.1. The van der Waals surface area contributed by atoms with E-state index < -0.39 is 0 Å². The lowest BCUT2D eigenvalue weighted by atomic mass is 10.1. The first kappa shape index (κ1) is 26.6. The van der Waals surface area contributed by atoms with E-state index in [0.717, 1.165) is 30.4 Å². The van der Waals surface area contributed by atoms with E-state index in [4.69, 9.17) is 0 Å². The van der Waals surface area contributed by atoms with E-state index in [1.165, 1.54) is 17.0 Å². The van der Waals surface area contributed by atoms with E-state index in [-0.39, 0.29) is 24.3 Å². The van der Waals surface area contributed by atoms with Gasteiger partial charge in [0, 0.05) is 24.7 Å². The Morgan fingerprint density at radius 3 is 2.29 bits per heavy atom. The summed E-state index contributed by atoms with van der Waals surface area (Å²) in [7, 11) is 0. The Hall–Kier alpha value is -4.46. The highest BCUT2D eigenvalue weighted by molar-refractivity contribution is 5.94. The molecule has 3 amide bonds. The Kier molecular flexibility index (Phi) is 9.23. The highest BCUT2D eigenvalue weighted by Gasteiger charge is 2.19. The van der Waals surface area contributed by atoms with Crippen LogP contribution in [-0.4, -0.2) is 39.7 Å². The highest BCUT2D eigenvalue weighted by Crippen LogP contribution is 2.25. The van der Waals surface area contributed by atoms with Crippen molar-refractivity contribution in [2.45, 2.75) is 32.7 Å². The van der Waals surface area contributed by atoms with Crippen LogP contribution in [0.2, 0.25) is 0 Å². The number of amides is 3. The van der Waals surface area contributed by atoms with Crippen LogP contribution in [0.15, 0.2) is 91.0 Å². The lowest BCUT2D eigenvalue weighted by Crippen LogP contribution is -2.44. The quantitative estimate of drug-likeness (QED) is 0.241. The molecule has 1 heterocycles. The molecule has 38 heavy (non-hydrogen) atoms. The molecule has 0 atom stereocenters. The number of hydrogen-bond acceptors (Lipinski definition) is 3. The van der Waals surface area contributed by atoms with Gasteiger partial charge in [-0.2, -0.15) is 5.10 Å². The van der Waals surface area contributed by atoms with E-state index in [1.807, 2.05) is 60.7 Å². The Bertz CT molecular complexity index is 1320. The number of hydrogen-bond donors (Lipinski definition) is 2. The van der Waals surface area contributed by atoms with Crippen LogP contribution >= 0.6 is 0 Å². The summed E-state index contributed by atoms with van der Waals surface area (Å²) in [6.07, 6.45) is 2.76. The Morgan fingerprint density at radius 1 is 0.921 bits per heavy atom. The zero-order chi connectivity index (χ0) is 26.7. The van der Waals surface area contributed by atoms with Crippen LogP contribution in [0.4, 0.5) is 15.0 Å². The number of aromatic nitrogens is 2. The number of carbonyl (C=O) groups excluding carboxylic acids is 2. The summed E-state index contributed by atoms with van der Waals surface area (Å²) in [4.78, 5) is 27.7. The number of rotatable bonds is 11. The third kappa shape index (κ3) is 7.29. The maximum absolute atomic E-state index is 13.6. The van der Waals surface area contributed by atoms with Crippen molar-refractivity contribution in [1.82, 2.24) is 20.0 Å². The average molecular weight is 514 g/mol. The molecule has 7 nitrogen and oxygen atoms in total. The minimum atomic E-state index is -0.362. The van der Waals surface area contributed by atoms with Crippen molar-refractivity contribution < 1.29 is 14.0 Å². The SMILES string of the molecule is CCCCCN(CC(=O)Nc1cc(-c2ccccc2)nn1-c1ccc(F)cc1)C(=O)NCc1ccccc1. The molecule has 0 fully saturated rings. The number of urea groups is 1. The number of benzene rings is 3. The fourth-order valence-corrected chi connectivity index (χ4v) is 4.05. The average Bonchev–Trinajstić information content (AvgIpc) is 3.36. The third-order valence-electron chi connectivity index (χ3n) is 6.06. The number of halogens is 1. The van der Waals surface area contributed by atoms with Gasteiger partial charge in [0.2, 0.25) is 5.91 Å². The molecule has 0 aliphatic heterocycles. The number of anilines is 1. The van der Waals surface area contributed by atoms with E-state index in [1.54, 1.807) is 22.9 Å². The minimum Gasteiger partial charge on any atom is -0.334 e. The number of unbranched alkanes of at least 4 members (excludes halogenated alkanes) is 2. The molecule has 4 rings (SSSR count). The molecule has 4 aromatic rings. The lowest BCUT2D eigenvalue weighted by molar-refractivity contribution is -0.116. The maximum atomic E-state index is 13.6. The molecule has 1 aromatic heterocycles. The van der Waals surface area contributed by atoms with Gasteiger partial charge in [0.05, 0.1) is 11.4 Å². The van der Waals surface area contributed by atoms with Crippen LogP contribution in [0.5, 0.6) is 0 Å². The molecule has 0 bridgehead atoms. The summed E-state index contributed by atoms with van der Waals surface area (Å²) in [5.74, 6) is -0.281. The van der Waals surface area contributed by atoms with Gasteiger partial charge in [-0.15, -0.1) is 0 Å². The first-order valence-electron chi connectivity index (χ1n) is 12.8. The van der Waals surface area contributed by atoms with Gasteiger partial charge in [0.1, 0.15) is 18.2 Å². The predicted molar refractivity (Wildman–Crippen MR) is 147 cm³/mol. The van der Waals surface area contributed by atoms with Gasteiger partial charge in [-0.25, -0.2) is 13.9 Å². The molecular weight excluding hydrogens is 481 g/mol. The van der Waals surface area contributed by atoms with Crippen molar-refractivity contribution in [3.05, 3.63) is 102 Å². The van der Waals surface area contributed by atoms with Crippen LogP contribution in [-0.2, 0) is 11.3 Å². The maximum Gasteiger partial charge on any atom is 0.318 e. The standard InChI is InChI=1S/C30H32FN5O2/c1-2-3-10-19-35(30(38)32-21-23-11-6-4-7-12-23)22-29(37)33-28-20-27(24-13-8-5-9-14-24)34-36(28)26-17-15-25(31)16-18-26/h4-9,11-18,20H,2-3,10,19,21-22H2,1H3,(H,32,38)(H,33,37). The summed E-state index contributed by atoms with van der Waals surface area (Å²) in [6, 6.07) is 26.6. The smallest absolute Gasteiger partial charge is 0.318 e. The largest absolute Gasteiger partial charge is 0.334 e. The van der Waals surface area contributed by atoms with E-state index in [2.05, 4.69) is 22.7 Å². The van der Waals surface area contributed by atoms with Crippen molar-refractivity contribution in [2.24, 2.45) is 0 Å². The summed E-state index contributed by atoms with van der Waals surface area (Å²) in [5, 5.41) is 10.5. The molecule has 0 saturated carbocycles. The lowest BCUT2D eigenvalue weighted by Gasteiger charge is -2.23. The first-order valence-corrected chi connectivity index (χ1v) is 12.8. The predicted octanol–water partition coefficient (Wildman–Crippen LogP) is 6.02. The van der Waals surface area contributed by atoms with Crippen LogP contribution in [0.25, 0.3) is 16.9 Å². The minimum absolute atomic E-state index is 0.112. The summed E-state index contributed by atoms with van der Waals surface area (Å²) in [5.41, 5.74) is 3.12. The molecule has 0 saturated heterocycles. The van der Waals surface area contributed by atoms with Gasteiger partial charge in [0.25, 0.3) is 0 Å². The molecule has 196 valence electrons. The van der Waals surface area contributed by atoms with Gasteiger partial charge >= 0.3 is 6.03 Å². The second-order valence-corrected chi connectivity index (χ2v) is 8.99. The Balaban J connectivity index is 1.51. The molecule has 0 aliphatic rings. The molecule has 0 spiro atoms. The van der Waals surface area contributed by atoms with Crippen LogP contribution < -0.4 is 10.6 Å². The van der Waals surface area contributed by atoms with Crippen molar-refractivity contribution in [2.75, 3.05) is 18.4 Å². The van der Waals surface area contributed by atoms with Gasteiger partial charge in [-0.1, -0.05) is 80.4 Å².